The third kappa shape index (κ3) is 7.96. The molecule has 4 heterocycles. The number of thiophene rings is 1. The number of fused-ring (bicyclic) bond motifs is 2. The molecule has 2 aliphatic heterocycles. The second-order valence-corrected chi connectivity index (χ2v) is 17.3. The van der Waals surface area contributed by atoms with Crippen LogP contribution in [0.5, 0.6) is 0 Å². The second kappa shape index (κ2) is 15.3. The van der Waals surface area contributed by atoms with Crippen LogP contribution in [0, 0.1) is 0 Å². The average molecular weight is 808 g/mol. The molecule has 7 rings (SSSR count). The molecule has 4 N–H and O–H groups in total. The van der Waals surface area contributed by atoms with Crippen LogP contribution in [0.1, 0.15) is 52.0 Å². The fraction of sp³-hybridized carbons (Fsp3) is 0.289. The number of hydrogen-bond acceptors (Lipinski definition) is 8. The Bertz CT molecular complexity index is 2320. The number of halogens is 2. The zero-order valence-corrected chi connectivity index (χ0v) is 31.9. The van der Waals surface area contributed by atoms with Gasteiger partial charge in [0, 0.05) is 60.0 Å². The van der Waals surface area contributed by atoms with Gasteiger partial charge >= 0.3 is 13.3 Å². The van der Waals surface area contributed by atoms with Crippen LogP contribution in [0.4, 0.5) is 14.5 Å². The minimum Gasteiger partial charge on any atom is -0.340 e. The maximum Gasteiger partial charge on any atom is 0.399 e. The average Bonchev–Trinajstić information content (AvgIpc) is 3.92. The predicted octanol–water partition coefficient (Wildman–Crippen LogP) is 6.19. The number of nitrogens with one attached hydrogen (secondary N) is 2. The summed E-state index contributed by atoms with van der Waals surface area (Å²) in [4.78, 5) is 80.7. The molecule has 0 bridgehead atoms. The topological polar surface area (TPSA) is 169 Å². The summed E-state index contributed by atoms with van der Waals surface area (Å²) in [6.07, 6.45) is 3.51. The fourth-order valence-electron chi connectivity index (χ4n) is 7.16. The van der Waals surface area contributed by atoms with E-state index in [0.29, 0.717) is 42.6 Å². The molecule has 3 atom stereocenters. The number of carbonyl (C=O) groups excluding carboxylic acids is 4. The smallest absolute Gasteiger partial charge is 0.340 e. The third-order valence-corrected chi connectivity index (χ3v) is 12.9. The summed E-state index contributed by atoms with van der Waals surface area (Å²) in [5.41, 5.74) is -1.92. The van der Waals surface area contributed by atoms with Crippen molar-refractivity contribution in [2.75, 3.05) is 18.4 Å². The fourth-order valence-corrected chi connectivity index (χ4v) is 9.22. The zero-order chi connectivity index (χ0) is 39.1. The number of hydrogen-bond donors (Lipinski definition) is 4. The monoisotopic (exact) mass is 807 g/mol. The van der Waals surface area contributed by atoms with Gasteiger partial charge in [-0.15, -0.1) is 22.7 Å². The summed E-state index contributed by atoms with van der Waals surface area (Å²) in [5, 5.41) is 8.70. The number of alkyl halides is 2. The maximum atomic E-state index is 14.4. The maximum absolute atomic E-state index is 14.4. The van der Waals surface area contributed by atoms with E-state index >= 15 is 0 Å². The molecule has 17 heteroatoms. The molecule has 2 saturated heterocycles. The van der Waals surface area contributed by atoms with Crippen molar-refractivity contribution < 1.29 is 42.3 Å². The van der Waals surface area contributed by atoms with Gasteiger partial charge in [-0.05, 0) is 71.7 Å². The molecule has 0 spiro atoms. The summed E-state index contributed by atoms with van der Waals surface area (Å²) < 4.78 is 40.7. The highest BCUT2D eigenvalue weighted by molar-refractivity contribution is 7.52. The lowest BCUT2D eigenvalue weighted by atomic mass is 10.00. The quantitative estimate of drug-likeness (QED) is 0.128. The van der Waals surface area contributed by atoms with Crippen molar-refractivity contribution in [3.8, 4) is 11.1 Å². The van der Waals surface area contributed by atoms with Crippen molar-refractivity contribution in [1.29, 1.82) is 0 Å². The lowest BCUT2D eigenvalue weighted by Gasteiger charge is -2.38. The van der Waals surface area contributed by atoms with Crippen molar-refractivity contribution in [3.63, 3.8) is 0 Å². The molecule has 3 aromatic carbocycles. The molecule has 0 aliphatic carbocycles. The van der Waals surface area contributed by atoms with Crippen LogP contribution < -0.4 is 10.6 Å². The molecule has 55 heavy (non-hydrogen) atoms. The van der Waals surface area contributed by atoms with Crippen molar-refractivity contribution in [3.05, 3.63) is 105 Å². The summed E-state index contributed by atoms with van der Waals surface area (Å²) in [7, 11) is -5.82. The molecule has 12 nitrogen and oxygen atoms in total. The minimum atomic E-state index is -5.82. The first kappa shape index (κ1) is 38.4. The number of carbonyl (C=O) groups is 4. The Labute approximate surface area is 322 Å². The van der Waals surface area contributed by atoms with Gasteiger partial charge in [0.05, 0.1) is 9.88 Å². The molecule has 2 fully saturated rings. The van der Waals surface area contributed by atoms with E-state index in [0.717, 1.165) is 45.2 Å². The van der Waals surface area contributed by atoms with E-state index in [2.05, 4.69) is 15.6 Å². The summed E-state index contributed by atoms with van der Waals surface area (Å²) >= 11 is 2.45. The standard InChI is InChI=1S/C38H36F2N5O7PS2/c1-22(46)44-15-13-28-9-11-31(35(47)42-29-10-7-24(23-5-3-2-4-6-23)17-25(29)20-34-41-14-16-54-34)45(28)37(49)30(21-44)43-36(48)33-19-26-18-27(8-12-32(26)55-33)38(39,40)53(50,51)52/h2-8,10,12,14,16-19,28,30-31H,9,11,13,15,20-21H2,1H3,(H,42,47)(H,43,48)(H2,50,51,52)/t28-,30+,31+/m1/s1. The zero-order valence-electron chi connectivity index (χ0n) is 29.4. The number of thiazole rings is 1. The van der Waals surface area contributed by atoms with Crippen LogP contribution in [0.2, 0.25) is 0 Å². The Hall–Kier alpha value is -4.86. The minimum absolute atomic E-state index is 0.0508. The number of anilines is 1. The normalized spacial score (nSPS) is 19.1. The Morgan fingerprint density at radius 1 is 1.00 bits per heavy atom. The first-order valence-electron chi connectivity index (χ1n) is 17.4. The SMILES string of the molecule is CC(=O)N1CC[C@H]2CC[C@@H](C(=O)Nc3ccc(-c4ccccc4)cc3Cc3nccs3)N2C(=O)[C@@H](NC(=O)c2cc3cc(C(F)(F)P(=O)(O)O)ccc3s2)C1. The molecule has 2 aliphatic rings. The second-order valence-electron chi connectivity index (χ2n) is 13.6. The Kier molecular flexibility index (Phi) is 10.7. The number of rotatable bonds is 9. The van der Waals surface area contributed by atoms with Crippen molar-refractivity contribution in [2.45, 2.75) is 56.4 Å². The van der Waals surface area contributed by atoms with E-state index in [4.69, 9.17) is 0 Å². The molecule has 2 aromatic heterocycles. The van der Waals surface area contributed by atoms with Gasteiger partial charge < -0.3 is 30.2 Å². The van der Waals surface area contributed by atoms with E-state index in [-0.39, 0.29) is 34.7 Å². The summed E-state index contributed by atoms with van der Waals surface area (Å²) in [6, 6.07) is 17.5. The molecule has 286 valence electrons. The highest BCUT2D eigenvalue weighted by atomic mass is 32.1. The highest BCUT2D eigenvalue weighted by Gasteiger charge is 2.50. The van der Waals surface area contributed by atoms with E-state index in [1.54, 1.807) is 6.20 Å². The Morgan fingerprint density at radius 2 is 1.78 bits per heavy atom. The van der Waals surface area contributed by atoms with E-state index < -0.39 is 42.7 Å². The predicted molar refractivity (Wildman–Crippen MR) is 205 cm³/mol. The van der Waals surface area contributed by atoms with Crippen LogP contribution in [-0.4, -0.2) is 79.4 Å². The van der Waals surface area contributed by atoms with Gasteiger partial charge in [-0.1, -0.05) is 42.5 Å². The van der Waals surface area contributed by atoms with Crippen LogP contribution in [-0.2, 0) is 31.0 Å². The van der Waals surface area contributed by atoms with Crippen LogP contribution >= 0.6 is 30.3 Å². The van der Waals surface area contributed by atoms with Crippen molar-refractivity contribution >= 4 is 69.7 Å². The lowest BCUT2D eigenvalue weighted by Crippen LogP contribution is -2.60. The number of aromatic nitrogens is 1. The Balaban J connectivity index is 1.14. The molecular weight excluding hydrogens is 772 g/mol. The van der Waals surface area contributed by atoms with Gasteiger partial charge in [0.1, 0.15) is 12.1 Å². The lowest BCUT2D eigenvalue weighted by molar-refractivity contribution is -0.143. The van der Waals surface area contributed by atoms with Gasteiger partial charge in [-0.3, -0.25) is 23.7 Å². The molecule has 5 aromatic rings. The summed E-state index contributed by atoms with van der Waals surface area (Å²) in [5.74, 6) is -1.92. The van der Waals surface area contributed by atoms with Crippen LogP contribution in [0.25, 0.3) is 21.2 Å². The first-order valence-corrected chi connectivity index (χ1v) is 20.7. The van der Waals surface area contributed by atoms with Crippen molar-refractivity contribution in [2.24, 2.45) is 0 Å². The first-order chi connectivity index (χ1) is 26.2. The van der Waals surface area contributed by atoms with Crippen LogP contribution in [0.3, 0.4) is 0 Å². The van der Waals surface area contributed by atoms with Gasteiger partial charge in [0.15, 0.2) is 0 Å². The highest BCUT2D eigenvalue weighted by Crippen LogP contribution is 2.59. The number of nitrogens with zero attached hydrogens (tertiary/aromatic N) is 3. The summed E-state index contributed by atoms with van der Waals surface area (Å²) in [6.45, 7) is 1.51. The molecule has 0 unspecified atom stereocenters. The number of benzene rings is 3. The molecular formula is C38H36F2N5O7PS2. The van der Waals surface area contributed by atoms with E-state index in [1.807, 2.05) is 53.9 Å². The van der Waals surface area contributed by atoms with Gasteiger partial charge in [0.2, 0.25) is 17.7 Å². The number of amides is 4. The van der Waals surface area contributed by atoms with Crippen LogP contribution in [0.15, 0.2) is 84.4 Å². The molecule has 4 amide bonds. The largest absolute Gasteiger partial charge is 0.399 e. The van der Waals surface area contributed by atoms with E-state index in [1.165, 1.54) is 40.2 Å². The molecule has 0 saturated carbocycles. The van der Waals surface area contributed by atoms with E-state index in [9.17, 15) is 42.3 Å². The van der Waals surface area contributed by atoms with Gasteiger partial charge in [-0.25, -0.2) is 4.98 Å². The van der Waals surface area contributed by atoms with Gasteiger partial charge in [-0.2, -0.15) is 8.78 Å². The van der Waals surface area contributed by atoms with Gasteiger partial charge in [0.25, 0.3) is 5.91 Å². The van der Waals surface area contributed by atoms with Crippen molar-refractivity contribution in [1.82, 2.24) is 20.1 Å². The third-order valence-electron chi connectivity index (χ3n) is 9.99. The Morgan fingerprint density at radius 3 is 2.49 bits per heavy atom. The molecule has 0 radical (unpaired) electrons.